The quantitative estimate of drug-likeness (QED) is 0.463. The van der Waals surface area contributed by atoms with Crippen molar-refractivity contribution in [1.82, 2.24) is 15.2 Å². The van der Waals surface area contributed by atoms with Crippen molar-refractivity contribution in [2.24, 2.45) is 0 Å². The van der Waals surface area contributed by atoms with E-state index in [1.807, 2.05) is 0 Å². The minimum atomic E-state index is -0.413. The Balaban J connectivity index is 2.49. The van der Waals surface area contributed by atoms with Crippen LogP contribution in [0.15, 0.2) is 22.1 Å². The van der Waals surface area contributed by atoms with Crippen LogP contribution in [0.5, 0.6) is 0 Å². The average molecular weight is 241 g/mol. The molecular weight excluding hydrogens is 230 g/mol. The molecule has 0 aromatic carbocycles. The Hall–Kier alpha value is -1.63. The van der Waals surface area contributed by atoms with Crippen molar-refractivity contribution in [1.29, 1.82) is 0 Å². The highest BCUT2D eigenvalue weighted by atomic mass is 32.2. The van der Waals surface area contributed by atoms with Gasteiger partial charge >= 0.3 is 5.97 Å². The molecule has 1 aromatic rings. The molecule has 0 amide bonds. The molecule has 0 saturated heterocycles. The first kappa shape index (κ1) is 12.4. The SMILES string of the molecule is COC(=O)C=CCSc1nnc(C)c(=O)[nH]1. The van der Waals surface area contributed by atoms with E-state index in [2.05, 4.69) is 19.9 Å². The van der Waals surface area contributed by atoms with E-state index in [1.165, 1.54) is 24.9 Å². The Kier molecular flexibility index (Phi) is 4.71. The molecule has 0 unspecified atom stereocenters. The van der Waals surface area contributed by atoms with Crippen molar-refractivity contribution >= 4 is 17.7 Å². The molecule has 0 radical (unpaired) electrons. The van der Waals surface area contributed by atoms with Gasteiger partial charge in [-0.05, 0) is 6.92 Å². The third-order valence-electron chi connectivity index (χ3n) is 1.61. The van der Waals surface area contributed by atoms with Crippen molar-refractivity contribution in [2.45, 2.75) is 12.1 Å². The van der Waals surface area contributed by atoms with Gasteiger partial charge in [0.1, 0.15) is 5.69 Å². The summed E-state index contributed by atoms with van der Waals surface area (Å²) in [4.78, 5) is 24.4. The fourth-order valence-electron chi connectivity index (χ4n) is 0.783. The van der Waals surface area contributed by atoms with Gasteiger partial charge in [-0.1, -0.05) is 17.8 Å². The third-order valence-corrected chi connectivity index (χ3v) is 2.43. The average Bonchev–Trinajstić information content (AvgIpc) is 2.28. The molecule has 0 atom stereocenters. The highest BCUT2D eigenvalue weighted by Gasteiger charge is 1.99. The molecule has 0 aliphatic rings. The number of carbonyl (C=O) groups excluding carboxylic acids is 1. The summed E-state index contributed by atoms with van der Waals surface area (Å²) >= 11 is 1.27. The van der Waals surface area contributed by atoms with Crippen LogP contribution in [0, 0.1) is 6.92 Å². The summed E-state index contributed by atoms with van der Waals surface area (Å²) < 4.78 is 4.42. The van der Waals surface area contributed by atoms with Gasteiger partial charge in [-0.15, -0.1) is 10.2 Å². The third kappa shape index (κ3) is 3.85. The zero-order chi connectivity index (χ0) is 12.0. The number of hydrogen-bond acceptors (Lipinski definition) is 6. The number of esters is 1. The van der Waals surface area contributed by atoms with E-state index in [1.54, 1.807) is 13.0 Å². The molecule has 0 aliphatic carbocycles. The number of hydrogen-bond donors (Lipinski definition) is 1. The molecule has 1 aromatic heterocycles. The molecule has 1 N–H and O–H groups in total. The number of nitrogens with one attached hydrogen (secondary N) is 1. The summed E-state index contributed by atoms with van der Waals surface area (Å²) in [5.74, 6) is 0.0899. The second kappa shape index (κ2) is 6.06. The molecule has 1 rings (SSSR count). The van der Waals surface area contributed by atoms with Gasteiger partial charge in [0, 0.05) is 11.8 Å². The van der Waals surface area contributed by atoms with Crippen LogP contribution < -0.4 is 5.56 Å². The van der Waals surface area contributed by atoms with Crippen LogP contribution >= 0.6 is 11.8 Å². The molecule has 0 spiro atoms. The van der Waals surface area contributed by atoms with Gasteiger partial charge in [0.05, 0.1) is 7.11 Å². The lowest BCUT2D eigenvalue weighted by Gasteiger charge is -1.96. The molecule has 86 valence electrons. The number of aromatic amines is 1. The first-order valence-electron chi connectivity index (χ1n) is 4.44. The zero-order valence-corrected chi connectivity index (χ0v) is 9.71. The largest absolute Gasteiger partial charge is 0.466 e. The predicted molar refractivity (Wildman–Crippen MR) is 59.3 cm³/mol. The van der Waals surface area contributed by atoms with E-state index in [0.29, 0.717) is 16.6 Å². The normalized spacial score (nSPS) is 10.6. The van der Waals surface area contributed by atoms with Gasteiger partial charge in [0.25, 0.3) is 5.56 Å². The number of H-pyrrole nitrogens is 1. The number of thioether (sulfide) groups is 1. The topological polar surface area (TPSA) is 84.9 Å². The maximum Gasteiger partial charge on any atom is 0.330 e. The van der Waals surface area contributed by atoms with Gasteiger partial charge in [-0.3, -0.25) is 9.78 Å². The lowest BCUT2D eigenvalue weighted by molar-refractivity contribution is -0.134. The maximum atomic E-state index is 11.2. The molecule has 0 fully saturated rings. The van der Waals surface area contributed by atoms with Crippen molar-refractivity contribution < 1.29 is 9.53 Å². The Morgan fingerprint density at radius 1 is 1.56 bits per heavy atom. The van der Waals surface area contributed by atoms with Gasteiger partial charge in [-0.25, -0.2) is 4.79 Å². The second-order valence-electron chi connectivity index (χ2n) is 2.78. The molecule has 16 heavy (non-hydrogen) atoms. The van der Waals surface area contributed by atoms with E-state index < -0.39 is 5.97 Å². The van der Waals surface area contributed by atoms with E-state index >= 15 is 0 Å². The van der Waals surface area contributed by atoms with Gasteiger partial charge in [0.15, 0.2) is 5.16 Å². The zero-order valence-electron chi connectivity index (χ0n) is 8.89. The molecule has 6 nitrogen and oxygen atoms in total. The van der Waals surface area contributed by atoms with E-state index in [4.69, 9.17) is 0 Å². The minimum Gasteiger partial charge on any atom is -0.466 e. The highest BCUT2D eigenvalue weighted by Crippen LogP contribution is 2.09. The summed E-state index contributed by atoms with van der Waals surface area (Å²) in [5, 5.41) is 7.88. The van der Waals surface area contributed by atoms with Crippen molar-refractivity contribution in [3.8, 4) is 0 Å². The van der Waals surface area contributed by atoms with Crippen molar-refractivity contribution in [3.63, 3.8) is 0 Å². The fraction of sp³-hybridized carbons (Fsp3) is 0.333. The van der Waals surface area contributed by atoms with Crippen LogP contribution in [0.2, 0.25) is 0 Å². The Bertz CT molecular complexity index is 456. The molecular formula is C9H11N3O3S. The Morgan fingerprint density at radius 2 is 2.31 bits per heavy atom. The fourth-order valence-corrected chi connectivity index (χ4v) is 1.40. The molecule has 0 bridgehead atoms. The first-order chi connectivity index (χ1) is 7.63. The van der Waals surface area contributed by atoms with Crippen LogP contribution in [0.3, 0.4) is 0 Å². The number of rotatable bonds is 4. The first-order valence-corrected chi connectivity index (χ1v) is 5.43. The smallest absolute Gasteiger partial charge is 0.330 e. The molecule has 0 saturated carbocycles. The molecule has 1 heterocycles. The highest BCUT2D eigenvalue weighted by molar-refractivity contribution is 7.99. The lowest BCUT2D eigenvalue weighted by atomic mass is 10.5. The number of nitrogens with zero attached hydrogens (tertiary/aromatic N) is 2. The molecule has 0 aliphatic heterocycles. The standard InChI is InChI=1S/C9H11N3O3S/c1-6-8(14)10-9(12-11-6)16-5-3-4-7(13)15-2/h3-4H,5H2,1-2H3,(H,10,12,14). The summed E-state index contributed by atoms with van der Waals surface area (Å²) in [5.41, 5.74) is 0.0731. The number of aryl methyl sites for hydroxylation is 1. The van der Waals surface area contributed by atoms with Crippen LogP contribution in [0.1, 0.15) is 5.69 Å². The Labute approximate surface area is 96.1 Å². The number of carbonyl (C=O) groups is 1. The van der Waals surface area contributed by atoms with E-state index in [9.17, 15) is 9.59 Å². The predicted octanol–water partition coefficient (Wildman–Crippen LogP) is 0.295. The van der Waals surface area contributed by atoms with E-state index in [-0.39, 0.29) is 5.56 Å². The van der Waals surface area contributed by atoms with E-state index in [0.717, 1.165) is 0 Å². The summed E-state index contributed by atoms with van der Waals surface area (Å²) in [7, 11) is 1.31. The number of aromatic nitrogens is 3. The minimum absolute atomic E-state index is 0.255. The van der Waals surface area contributed by atoms with Crippen molar-refractivity contribution in [2.75, 3.05) is 12.9 Å². The summed E-state index contributed by atoms with van der Waals surface area (Å²) in [6, 6.07) is 0. The van der Waals surface area contributed by atoms with Crippen LogP contribution in [-0.4, -0.2) is 34.0 Å². The second-order valence-corrected chi connectivity index (χ2v) is 3.79. The van der Waals surface area contributed by atoms with Crippen LogP contribution in [-0.2, 0) is 9.53 Å². The monoisotopic (exact) mass is 241 g/mol. The Morgan fingerprint density at radius 3 is 2.94 bits per heavy atom. The van der Waals surface area contributed by atoms with Gasteiger partial charge in [0.2, 0.25) is 0 Å². The number of methoxy groups -OCH3 is 1. The summed E-state index contributed by atoms with van der Waals surface area (Å²) in [6.45, 7) is 1.58. The maximum absolute atomic E-state index is 11.2. The van der Waals surface area contributed by atoms with Gasteiger partial charge in [-0.2, -0.15) is 0 Å². The van der Waals surface area contributed by atoms with Crippen LogP contribution in [0.25, 0.3) is 0 Å². The van der Waals surface area contributed by atoms with Crippen molar-refractivity contribution in [3.05, 3.63) is 28.2 Å². The van der Waals surface area contributed by atoms with Gasteiger partial charge < -0.3 is 4.74 Å². The summed E-state index contributed by atoms with van der Waals surface area (Å²) in [6.07, 6.45) is 2.93. The lowest BCUT2D eigenvalue weighted by Crippen LogP contribution is -2.14. The number of ether oxygens (including phenoxy) is 1. The van der Waals surface area contributed by atoms with Crippen LogP contribution in [0.4, 0.5) is 0 Å². The molecule has 7 heteroatoms.